The number of aromatic amines is 1. The fourth-order valence-electron chi connectivity index (χ4n) is 4.00. The van der Waals surface area contributed by atoms with Crippen molar-refractivity contribution in [1.82, 2.24) is 19.7 Å². The van der Waals surface area contributed by atoms with Crippen LogP contribution in [0.3, 0.4) is 0 Å². The molecular weight excluding hydrogens is 476 g/mol. The number of anilines is 1. The molecule has 9 nitrogen and oxygen atoms in total. The molecule has 2 N–H and O–H groups in total. The van der Waals surface area contributed by atoms with Gasteiger partial charge in [-0.15, -0.1) is 10.2 Å². The second kappa shape index (κ2) is 9.67. The molecule has 0 atom stereocenters. The Bertz CT molecular complexity index is 1610. The summed E-state index contributed by atoms with van der Waals surface area (Å²) in [6.45, 7) is 3.80. The molecule has 36 heavy (non-hydrogen) atoms. The number of thioether (sulfide) groups is 1. The van der Waals surface area contributed by atoms with Gasteiger partial charge in [-0.1, -0.05) is 54.2 Å². The number of non-ortho nitro benzene ring substituents is 1. The Hall–Kier alpha value is -4.44. The summed E-state index contributed by atoms with van der Waals surface area (Å²) in [5.41, 5.74) is 4.93. The maximum absolute atomic E-state index is 12.8. The highest BCUT2D eigenvalue weighted by Gasteiger charge is 2.21. The highest BCUT2D eigenvalue weighted by atomic mass is 32.2. The van der Waals surface area contributed by atoms with Gasteiger partial charge in [0, 0.05) is 34.8 Å². The SMILES string of the molecule is Cc1ccc([N+](=O)[O-])cc1NC(=O)CSc1nnc(-c2c[nH]c3ccccc23)n1-c1ccccc1C. The minimum atomic E-state index is -0.485. The number of hydrogen-bond acceptors (Lipinski definition) is 6. The average molecular weight is 499 g/mol. The molecule has 0 saturated heterocycles. The Morgan fingerprint density at radius 2 is 1.83 bits per heavy atom. The molecule has 180 valence electrons. The number of amides is 1. The lowest BCUT2D eigenvalue weighted by atomic mass is 10.1. The van der Waals surface area contributed by atoms with Crippen LogP contribution in [0.15, 0.2) is 78.1 Å². The van der Waals surface area contributed by atoms with Crippen molar-refractivity contribution < 1.29 is 9.72 Å². The highest BCUT2D eigenvalue weighted by Crippen LogP contribution is 2.33. The van der Waals surface area contributed by atoms with Crippen molar-refractivity contribution in [2.45, 2.75) is 19.0 Å². The Kier molecular flexibility index (Phi) is 6.26. The third-order valence-corrected chi connectivity index (χ3v) is 6.79. The number of benzene rings is 3. The number of hydrogen-bond donors (Lipinski definition) is 2. The summed E-state index contributed by atoms with van der Waals surface area (Å²) in [5.74, 6) is 0.427. The zero-order chi connectivity index (χ0) is 25.2. The van der Waals surface area contributed by atoms with Gasteiger partial charge in [-0.05, 0) is 37.1 Å². The van der Waals surface area contributed by atoms with Crippen LogP contribution < -0.4 is 5.32 Å². The number of carbonyl (C=O) groups excluding carboxylic acids is 1. The van der Waals surface area contributed by atoms with E-state index in [1.807, 2.05) is 66.2 Å². The van der Waals surface area contributed by atoms with Crippen molar-refractivity contribution in [3.63, 3.8) is 0 Å². The first-order valence-electron chi connectivity index (χ1n) is 11.2. The number of fused-ring (bicyclic) bond motifs is 1. The van der Waals surface area contributed by atoms with Gasteiger partial charge in [0.1, 0.15) is 0 Å². The van der Waals surface area contributed by atoms with Gasteiger partial charge in [-0.2, -0.15) is 0 Å². The minimum Gasteiger partial charge on any atom is -0.360 e. The maximum atomic E-state index is 12.8. The summed E-state index contributed by atoms with van der Waals surface area (Å²) in [5, 5.41) is 24.4. The molecule has 2 heterocycles. The number of para-hydroxylation sites is 2. The van der Waals surface area contributed by atoms with Gasteiger partial charge in [-0.3, -0.25) is 19.5 Å². The van der Waals surface area contributed by atoms with Crippen LogP contribution in [0, 0.1) is 24.0 Å². The van der Waals surface area contributed by atoms with Crippen LogP contribution >= 0.6 is 11.8 Å². The molecule has 0 aliphatic rings. The first kappa shape index (κ1) is 23.3. The van der Waals surface area contributed by atoms with Crippen molar-refractivity contribution in [3.05, 3.63) is 94.2 Å². The van der Waals surface area contributed by atoms with Gasteiger partial charge in [0.15, 0.2) is 11.0 Å². The van der Waals surface area contributed by atoms with E-state index in [0.717, 1.165) is 33.3 Å². The van der Waals surface area contributed by atoms with Crippen molar-refractivity contribution in [3.8, 4) is 17.1 Å². The molecule has 5 rings (SSSR count). The van der Waals surface area contributed by atoms with Crippen molar-refractivity contribution in [2.75, 3.05) is 11.1 Å². The van der Waals surface area contributed by atoms with Gasteiger partial charge >= 0.3 is 0 Å². The molecule has 0 aliphatic heterocycles. The molecular formula is C26H22N6O3S. The third kappa shape index (κ3) is 4.46. The summed E-state index contributed by atoms with van der Waals surface area (Å²) in [6.07, 6.45) is 1.91. The van der Waals surface area contributed by atoms with E-state index in [4.69, 9.17) is 0 Å². The fraction of sp³-hybridized carbons (Fsp3) is 0.115. The van der Waals surface area contributed by atoms with Crippen LogP contribution in [0.2, 0.25) is 0 Å². The molecule has 2 aromatic heterocycles. The number of aryl methyl sites for hydroxylation is 2. The van der Waals surface area contributed by atoms with E-state index >= 15 is 0 Å². The van der Waals surface area contributed by atoms with Gasteiger partial charge in [0.2, 0.25) is 5.91 Å². The van der Waals surface area contributed by atoms with Gasteiger partial charge < -0.3 is 10.3 Å². The first-order valence-corrected chi connectivity index (χ1v) is 12.2. The second-order valence-corrected chi connectivity index (χ2v) is 9.21. The topological polar surface area (TPSA) is 119 Å². The highest BCUT2D eigenvalue weighted by molar-refractivity contribution is 7.99. The van der Waals surface area contributed by atoms with Gasteiger partial charge in [-0.25, -0.2) is 0 Å². The van der Waals surface area contributed by atoms with E-state index in [-0.39, 0.29) is 17.3 Å². The summed E-state index contributed by atoms with van der Waals surface area (Å²) in [7, 11) is 0. The Morgan fingerprint density at radius 1 is 1.06 bits per heavy atom. The van der Waals surface area contributed by atoms with E-state index < -0.39 is 4.92 Å². The quantitative estimate of drug-likeness (QED) is 0.169. The fourth-order valence-corrected chi connectivity index (χ4v) is 4.75. The van der Waals surface area contributed by atoms with Crippen LogP contribution in [0.25, 0.3) is 28.0 Å². The Balaban J connectivity index is 1.46. The number of nitrogens with zero attached hydrogens (tertiary/aromatic N) is 4. The predicted molar refractivity (Wildman–Crippen MR) is 141 cm³/mol. The van der Waals surface area contributed by atoms with Crippen molar-refractivity contribution >= 4 is 39.9 Å². The lowest BCUT2D eigenvalue weighted by Gasteiger charge is -2.13. The lowest BCUT2D eigenvalue weighted by molar-refractivity contribution is -0.384. The number of rotatable bonds is 7. The molecule has 3 aromatic carbocycles. The smallest absolute Gasteiger partial charge is 0.271 e. The summed E-state index contributed by atoms with van der Waals surface area (Å²) >= 11 is 1.25. The van der Waals surface area contributed by atoms with Crippen LogP contribution in [0.4, 0.5) is 11.4 Å². The van der Waals surface area contributed by atoms with E-state index in [1.54, 1.807) is 13.0 Å². The maximum Gasteiger partial charge on any atom is 0.271 e. The number of nitro groups is 1. The number of carbonyl (C=O) groups is 1. The number of nitro benzene ring substituents is 1. The van der Waals surface area contributed by atoms with Crippen LogP contribution in [-0.4, -0.2) is 36.3 Å². The lowest BCUT2D eigenvalue weighted by Crippen LogP contribution is -2.15. The number of H-pyrrole nitrogens is 1. The molecule has 0 bridgehead atoms. The minimum absolute atomic E-state index is 0.0556. The van der Waals surface area contributed by atoms with Crippen molar-refractivity contribution in [1.29, 1.82) is 0 Å². The van der Waals surface area contributed by atoms with Gasteiger partial charge in [0.25, 0.3) is 5.69 Å². The normalized spacial score (nSPS) is 11.1. The summed E-state index contributed by atoms with van der Waals surface area (Å²) < 4.78 is 1.96. The van der Waals surface area contributed by atoms with Gasteiger partial charge in [0.05, 0.1) is 22.1 Å². The predicted octanol–water partition coefficient (Wildman–Crippen LogP) is 5.67. The molecule has 0 aliphatic carbocycles. The molecule has 0 radical (unpaired) electrons. The summed E-state index contributed by atoms with van der Waals surface area (Å²) in [6, 6.07) is 20.3. The van der Waals surface area contributed by atoms with E-state index in [9.17, 15) is 14.9 Å². The zero-order valence-electron chi connectivity index (χ0n) is 19.6. The largest absolute Gasteiger partial charge is 0.360 e. The van der Waals surface area contributed by atoms with Crippen molar-refractivity contribution in [2.24, 2.45) is 0 Å². The molecule has 1 amide bonds. The zero-order valence-corrected chi connectivity index (χ0v) is 20.4. The molecule has 10 heteroatoms. The molecule has 0 saturated carbocycles. The number of nitrogens with one attached hydrogen (secondary N) is 2. The standard InChI is InChI=1S/C26H22N6O3S/c1-16-11-12-18(32(34)35)13-22(16)28-24(33)15-36-26-30-29-25(31(26)23-10-6-3-7-17(23)2)20-14-27-21-9-5-4-8-19(20)21/h3-14,27H,15H2,1-2H3,(H,28,33). The molecule has 0 unspecified atom stereocenters. The second-order valence-electron chi connectivity index (χ2n) is 8.27. The monoisotopic (exact) mass is 498 g/mol. The number of aromatic nitrogens is 4. The van der Waals surface area contributed by atoms with E-state index in [1.165, 1.54) is 23.9 Å². The van der Waals surface area contributed by atoms with Crippen LogP contribution in [-0.2, 0) is 4.79 Å². The van der Waals surface area contributed by atoms with Crippen LogP contribution in [0.5, 0.6) is 0 Å². The molecule has 5 aromatic rings. The van der Waals surface area contributed by atoms with Crippen LogP contribution in [0.1, 0.15) is 11.1 Å². The Labute approximate surface area is 210 Å². The third-order valence-electron chi connectivity index (χ3n) is 5.86. The first-order chi connectivity index (χ1) is 17.4. The average Bonchev–Trinajstić information content (AvgIpc) is 3.48. The summed E-state index contributed by atoms with van der Waals surface area (Å²) in [4.78, 5) is 26.7. The van der Waals surface area contributed by atoms with E-state index in [2.05, 4.69) is 20.5 Å². The Morgan fingerprint density at radius 3 is 2.64 bits per heavy atom. The van der Waals surface area contributed by atoms with E-state index in [0.29, 0.717) is 16.7 Å². The molecule has 0 spiro atoms. The molecule has 0 fully saturated rings.